The van der Waals surface area contributed by atoms with E-state index >= 15 is 0 Å². The molecule has 0 aromatic heterocycles. The van der Waals surface area contributed by atoms with Gasteiger partial charge in [0.1, 0.15) is 0 Å². The Morgan fingerprint density at radius 1 is 0.905 bits per heavy atom. The van der Waals surface area contributed by atoms with Crippen LogP contribution in [0.4, 0.5) is 43.9 Å². The topological polar surface area (TPSA) is 37.3 Å². The fourth-order valence-corrected chi connectivity index (χ4v) is 1.06. The molecule has 21 heavy (non-hydrogen) atoms. The van der Waals surface area contributed by atoms with Crippen molar-refractivity contribution in [3.8, 4) is 0 Å². The molecule has 2 nitrogen and oxygen atoms in total. The molecule has 0 heterocycles. The molecule has 0 rings (SSSR count). The summed E-state index contributed by atoms with van der Waals surface area (Å²) in [6.45, 7) is 0. The van der Waals surface area contributed by atoms with Gasteiger partial charge >= 0.3 is 29.9 Å². The molecule has 1 N–H and O–H groups in total. The largest absolute Gasteiger partial charge is 0.478 e. The zero-order chi connectivity index (χ0) is 17.3. The van der Waals surface area contributed by atoms with E-state index in [2.05, 4.69) is 0 Å². The third kappa shape index (κ3) is 3.59. The van der Waals surface area contributed by atoms with E-state index in [9.17, 15) is 48.7 Å². The summed E-state index contributed by atoms with van der Waals surface area (Å²) in [5.41, 5.74) is -1.49. The molecular formula is C9H6F10O2. The van der Waals surface area contributed by atoms with Crippen LogP contribution < -0.4 is 0 Å². The van der Waals surface area contributed by atoms with E-state index in [1.54, 1.807) is 0 Å². The maximum absolute atomic E-state index is 12.9. The summed E-state index contributed by atoms with van der Waals surface area (Å²) >= 11 is 0. The van der Waals surface area contributed by atoms with Gasteiger partial charge in [-0.1, -0.05) is 0 Å². The summed E-state index contributed by atoms with van der Waals surface area (Å²) in [5, 5.41) is 8.19. The van der Waals surface area contributed by atoms with Crippen LogP contribution in [0, 0.1) is 0 Å². The smallest absolute Gasteiger partial charge is 0.460 e. The van der Waals surface area contributed by atoms with Crippen molar-refractivity contribution in [1.82, 2.24) is 0 Å². The maximum Gasteiger partial charge on any atom is 0.460 e. The summed E-state index contributed by atoms with van der Waals surface area (Å²) in [4.78, 5) is 10.2. The quantitative estimate of drug-likeness (QED) is 0.584. The highest BCUT2D eigenvalue weighted by molar-refractivity contribution is 5.86. The lowest BCUT2D eigenvalue weighted by Crippen LogP contribution is -2.60. The minimum absolute atomic E-state index is 0.765. The SMILES string of the molecule is O=C(O)C(=CF)CCC(F)(F)C(F)(F)C(F)(F)C(F)(F)F. The highest BCUT2D eigenvalue weighted by Crippen LogP contribution is 2.54. The number of halogens is 10. The van der Waals surface area contributed by atoms with Gasteiger partial charge in [0.25, 0.3) is 0 Å². The second-order valence-electron chi connectivity index (χ2n) is 3.79. The minimum Gasteiger partial charge on any atom is -0.478 e. The summed E-state index contributed by atoms with van der Waals surface area (Å²) in [7, 11) is 0. The molecule has 0 bridgehead atoms. The Morgan fingerprint density at radius 3 is 1.62 bits per heavy atom. The van der Waals surface area contributed by atoms with E-state index in [1.807, 2.05) is 0 Å². The van der Waals surface area contributed by atoms with E-state index in [0.717, 1.165) is 0 Å². The first-order chi connectivity index (χ1) is 9.12. The molecule has 0 fully saturated rings. The average molecular weight is 336 g/mol. The number of hydrogen-bond donors (Lipinski definition) is 1. The van der Waals surface area contributed by atoms with Gasteiger partial charge < -0.3 is 5.11 Å². The van der Waals surface area contributed by atoms with Crippen LogP contribution in [-0.2, 0) is 4.79 Å². The second kappa shape index (κ2) is 5.72. The number of hydrogen-bond acceptors (Lipinski definition) is 1. The molecule has 0 amide bonds. The first kappa shape index (κ1) is 19.5. The predicted molar refractivity (Wildman–Crippen MR) is 47.0 cm³/mol. The molecule has 0 radical (unpaired) electrons. The van der Waals surface area contributed by atoms with Crippen molar-refractivity contribution in [2.75, 3.05) is 0 Å². The van der Waals surface area contributed by atoms with Crippen LogP contribution in [-0.4, -0.2) is 35.0 Å². The number of carboxylic acid groups (broad SMARTS) is 1. The normalized spacial score (nSPS) is 15.2. The molecule has 0 aliphatic heterocycles. The Kier molecular flexibility index (Phi) is 5.31. The van der Waals surface area contributed by atoms with Crippen LogP contribution in [0.1, 0.15) is 12.8 Å². The zero-order valence-corrected chi connectivity index (χ0v) is 9.63. The van der Waals surface area contributed by atoms with Gasteiger partial charge in [-0.15, -0.1) is 0 Å². The molecule has 0 aliphatic carbocycles. The van der Waals surface area contributed by atoms with E-state index in [0.29, 0.717) is 0 Å². The Hall–Kier alpha value is -1.49. The van der Waals surface area contributed by atoms with Crippen molar-refractivity contribution in [2.24, 2.45) is 0 Å². The van der Waals surface area contributed by atoms with Crippen LogP contribution in [0.3, 0.4) is 0 Å². The second-order valence-corrected chi connectivity index (χ2v) is 3.79. The Balaban J connectivity index is 5.36. The van der Waals surface area contributed by atoms with Gasteiger partial charge in [-0.2, -0.15) is 39.5 Å². The molecule has 0 saturated heterocycles. The van der Waals surface area contributed by atoms with E-state index in [4.69, 9.17) is 5.11 Å². The monoisotopic (exact) mass is 336 g/mol. The first-order valence-corrected chi connectivity index (χ1v) is 4.84. The highest BCUT2D eigenvalue weighted by atomic mass is 19.4. The van der Waals surface area contributed by atoms with Gasteiger partial charge in [0, 0.05) is 6.42 Å². The highest BCUT2D eigenvalue weighted by Gasteiger charge is 2.81. The lowest BCUT2D eigenvalue weighted by Gasteiger charge is -2.33. The van der Waals surface area contributed by atoms with Gasteiger partial charge in [0.2, 0.25) is 0 Å². The molecule has 0 aromatic rings. The van der Waals surface area contributed by atoms with Gasteiger partial charge in [0.05, 0.1) is 11.9 Å². The fraction of sp³-hybridized carbons (Fsp3) is 0.667. The van der Waals surface area contributed by atoms with Crippen molar-refractivity contribution in [3.05, 3.63) is 11.9 Å². The first-order valence-electron chi connectivity index (χ1n) is 4.84. The van der Waals surface area contributed by atoms with Crippen molar-refractivity contribution in [3.63, 3.8) is 0 Å². The van der Waals surface area contributed by atoms with Crippen LogP contribution in [0.25, 0.3) is 0 Å². The van der Waals surface area contributed by atoms with Crippen molar-refractivity contribution in [1.29, 1.82) is 0 Å². The molecule has 0 unspecified atom stereocenters. The van der Waals surface area contributed by atoms with Gasteiger partial charge in [-0.3, -0.25) is 0 Å². The number of carboxylic acids is 1. The summed E-state index contributed by atoms with van der Waals surface area (Å²) in [5.74, 6) is -22.0. The Labute approximate surface area is 110 Å². The van der Waals surface area contributed by atoms with Gasteiger partial charge in [-0.25, -0.2) is 9.18 Å². The molecule has 0 atom stereocenters. The van der Waals surface area contributed by atoms with Crippen molar-refractivity contribution in [2.45, 2.75) is 36.8 Å². The number of rotatable bonds is 6. The van der Waals surface area contributed by atoms with E-state index in [-0.39, 0.29) is 0 Å². The third-order valence-electron chi connectivity index (χ3n) is 2.32. The van der Waals surface area contributed by atoms with Crippen LogP contribution in [0.5, 0.6) is 0 Å². The lowest BCUT2D eigenvalue weighted by molar-refractivity contribution is -0.396. The van der Waals surface area contributed by atoms with E-state index in [1.165, 1.54) is 0 Å². The molecule has 0 saturated carbocycles. The minimum atomic E-state index is -7.05. The van der Waals surface area contributed by atoms with Crippen molar-refractivity contribution < 1.29 is 53.8 Å². The van der Waals surface area contributed by atoms with Gasteiger partial charge in [0.15, 0.2) is 0 Å². The molecule has 0 aromatic carbocycles. The average Bonchev–Trinajstić information content (AvgIpc) is 2.27. The summed E-state index contributed by atoms with van der Waals surface area (Å²) in [6, 6.07) is 0. The third-order valence-corrected chi connectivity index (χ3v) is 2.32. The standard InChI is InChI=1S/C9H6F10O2/c10-3-4(5(20)21)1-2-6(11,12)7(13,14)8(15,16)9(17,18)19/h3H,1-2H2,(H,20,21). The fourth-order valence-electron chi connectivity index (χ4n) is 1.06. The molecular weight excluding hydrogens is 330 g/mol. The van der Waals surface area contributed by atoms with Crippen molar-refractivity contribution >= 4 is 5.97 Å². The molecule has 124 valence electrons. The number of alkyl halides is 9. The molecule has 12 heteroatoms. The number of carbonyl (C=O) groups is 1. The lowest BCUT2D eigenvalue weighted by atomic mass is 9.97. The maximum atomic E-state index is 12.9. The van der Waals surface area contributed by atoms with Crippen LogP contribution >= 0.6 is 0 Å². The zero-order valence-electron chi connectivity index (χ0n) is 9.63. The van der Waals surface area contributed by atoms with Crippen LogP contribution in [0.2, 0.25) is 0 Å². The Morgan fingerprint density at radius 2 is 1.33 bits per heavy atom. The van der Waals surface area contributed by atoms with E-state index < -0.39 is 54.7 Å². The summed E-state index contributed by atoms with van der Waals surface area (Å²) < 4.78 is 123. The molecule has 0 spiro atoms. The molecule has 0 aliphatic rings. The van der Waals surface area contributed by atoms with Gasteiger partial charge in [-0.05, 0) is 6.42 Å². The Bertz CT molecular complexity index is 423. The predicted octanol–water partition coefficient (Wildman–Crippen LogP) is 4.17. The summed E-state index contributed by atoms with van der Waals surface area (Å²) in [6.07, 6.45) is -11.8. The van der Waals surface area contributed by atoms with Crippen LogP contribution in [0.15, 0.2) is 11.9 Å². The number of aliphatic carboxylic acids is 1.